The Morgan fingerprint density at radius 2 is 1.88 bits per heavy atom. The zero-order valence-electron chi connectivity index (χ0n) is 15.1. The Kier molecular flexibility index (Phi) is 6.82. The number of carbonyl (C=O) groups excluding carboxylic acids is 1. The molecule has 0 saturated carbocycles. The molecule has 2 heterocycles. The van der Waals surface area contributed by atoms with Gasteiger partial charge in [-0.1, -0.05) is 18.2 Å². The number of amides is 1. The third-order valence-corrected chi connectivity index (χ3v) is 5.37. The van der Waals surface area contributed by atoms with Gasteiger partial charge in [0, 0.05) is 32.1 Å². The highest BCUT2D eigenvalue weighted by Crippen LogP contribution is 2.40. The molecule has 6 heteroatoms. The van der Waals surface area contributed by atoms with Gasteiger partial charge >= 0.3 is 0 Å². The quantitative estimate of drug-likeness (QED) is 0.848. The fourth-order valence-electron chi connectivity index (χ4n) is 3.90. The minimum absolute atomic E-state index is 0.250. The third kappa shape index (κ3) is 4.95. The molecule has 1 aromatic rings. The molecular weight excluding hydrogens is 320 g/mol. The lowest BCUT2D eigenvalue weighted by molar-refractivity contribution is -0.137. The molecule has 0 aliphatic carbocycles. The lowest BCUT2D eigenvalue weighted by Crippen LogP contribution is -2.50. The summed E-state index contributed by atoms with van der Waals surface area (Å²) in [5.74, 6) is 1.29. The van der Waals surface area contributed by atoms with Crippen molar-refractivity contribution in [3.05, 3.63) is 29.8 Å². The molecule has 1 amide bonds. The first-order valence-electron chi connectivity index (χ1n) is 8.69. The summed E-state index contributed by atoms with van der Waals surface area (Å²) in [6, 6.07) is 8.27. The van der Waals surface area contributed by atoms with E-state index in [0.29, 0.717) is 11.3 Å². The van der Waals surface area contributed by atoms with Crippen LogP contribution in [-0.4, -0.2) is 61.1 Å². The number of ether oxygens (including phenoxy) is 1. The largest absolute Gasteiger partial charge is 0.496 e. The van der Waals surface area contributed by atoms with E-state index in [4.69, 9.17) is 14.6 Å². The second kappa shape index (κ2) is 8.85. The van der Waals surface area contributed by atoms with Gasteiger partial charge in [-0.25, -0.2) is 0 Å². The van der Waals surface area contributed by atoms with Crippen molar-refractivity contribution in [2.24, 2.45) is 5.41 Å². The zero-order valence-corrected chi connectivity index (χ0v) is 15.1. The number of hydrogen-bond donors (Lipinski definition) is 1. The molecule has 0 unspecified atom stereocenters. The smallest absolute Gasteiger partial charge is 0.290 e. The third-order valence-electron chi connectivity index (χ3n) is 5.37. The number of hydrogen-bond acceptors (Lipinski definition) is 4. The second-order valence-corrected chi connectivity index (χ2v) is 6.94. The van der Waals surface area contributed by atoms with Gasteiger partial charge in [-0.05, 0) is 43.8 Å². The monoisotopic (exact) mass is 348 g/mol. The number of piperidine rings is 2. The Morgan fingerprint density at radius 3 is 2.48 bits per heavy atom. The van der Waals surface area contributed by atoms with E-state index in [1.54, 1.807) is 7.11 Å². The fourth-order valence-corrected chi connectivity index (χ4v) is 3.90. The maximum Gasteiger partial charge on any atom is 0.290 e. The lowest BCUT2D eigenvalue weighted by Gasteiger charge is -2.46. The Balaban J connectivity index is 0.000000701. The maximum absolute atomic E-state index is 11.7. The molecule has 2 saturated heterocycles. The Labute approximate surface area is 149 Å². The molecule has 138 valence electrons. The molecule has 0 aromatic heterocycles. The number of carbonyl (C=O) groups is 2. The number of benzene rings is 1. The summed E-state index contributed by atoms with van der Waals surface area (Å²) in [4.78, 5) is 24.5. The van der Waals surface area contributed by atoms with Crippen LogP contribution in [0.25, 0.3) is 0 Å². The average Bonchev–Trinajstić information content (AvgIpc) is 2.62. The maximum atomic E-state index is 11.7. The molecule has 1 aromatic carbocycles. The summed E-state index contributed by atoms with van der Waals surface area (Å²) < 4.78 is 5.45. The van der Waals surface area contributed by atoms with E-state index in [1.807, 2.05) is 24.1 Å². The van der Waals surface area contributed by atoms with Crippen molar-refractivity contribution in [2.75, 3.05) is 33.8 Å². The summed E-state index contributed by atoms with van der Waals surface area (Å²) in [5, 5.41) is 6.89. The van der Waals surface area contributed by atoms with Crippen molar-refractivity contribution < 1.29 is 19.4 Å². The van der Waals surface area contributed by atoms with Gasteiger partial charge in [0.1, 0.15) is 5.75 Å². The van der Waals surface area contributed by atoms with Crippen LogP contribution in [0.4, 0.5) is 0 Å². The highest BCUT2D eigenvalue weighted by atomic mass is 16.5. The molecule has 25 heavy (non-hydrogen) atoms. The van der Waals surface area contributed by atoms with Crippen molar-refractivity contribution in [3.63, 3.8) is 0 Å². The molecule has 0 radical (unpaired) electrons. The predicted octanol–water partition coefficient (Wildman–Crippen LogP) is 2.23. The summed E-state index contributed by atoms with van der Waals surface area (Å²) in [5.41, 5.74) is 1.62. The van der Waals surface area contributed by atoms with E-state index in [9.17, 15) is 4.79 Å². The number of likely N-dealkylation sites (tertiary alicyclic amines) is 2. The number of methoxy groups -OCH3 is 1. The first-order valence-corrected chi connectivity index (χ1v) is 8.69. The van der Waals surface area contributed by atoms with Gasteiger partial charge in [0.25, 0.3) is 6.47 Å². The first-order chi connectivity index (χ1) is 12.0. The molecule has 1 N–H and O–H groups in total. The van der Waals surface area contributed by atoms with Crippen LogP contribution in [0.3, 0.4) is 0 Å². The van der Waals surface area contributed by atoms with Crippen molar-refractivity contribution in [1.29, 1.82) is 0 Å². The van der Waals surface area contributed by atoms with Crippen LogP contribution in [0.5, 0.6) is 5.75 Å². The highest BCUT2D eigenvalue weighted by molar-refractivity contribution is 5.76. The fraction of sp³-hybridized carbons (Fsp3) is 0.579. The van der Waals surface area contributed by atoms with Crippen LogP contribution in [0.2, 0.25) is 0 Å². The molecule has 1 spiro atoms. The SMILES string of the molecule is COc1ccccc1CN1CCC2(CCC(=O)N(C)C2)CC1.O=CO. The molecule has 6 nitrogen and oxygen atoms in total. The standard InChI is InChI=1S/C18H26N2O2.CH2O2/c1-19-14-18(8-7-17(19)21)9-11-20(12-10-18)13-15-5-3-4-6-16(15)22-2;2-1-3/h3-6H,7-14H2,1-2H3;1H,(H,2,3). The predicted molar refractivity (Wildman–Crippen MR) is 95.5 cm³/mol. The molecule has 2 aliphatic rings. The zero-order chi connectivity index (χ0) is 18.3. The van der Waals surface area contributed by atoms with Crippen LogP contribution >= 0.6 is 0 Å². The minimum Gasteiger partial charge on any atom is -0.496 e. The van der Waals surface area contributed by atoms with Gasteiger partial charge in [-0.2, -0.15) is 0 Å². The van der Waals surface area contributed by atoms with Gasteiger partial charge in [0.15, 0.2) is 0 Å². The van der Waals surface area contributed by atoms with Crippen molar-refractivity contribution in [1.82, 2.24) is 9.80 Å². The van der Waals surface area contributed by atoms with E-state index >= 15 is 0 Å². The first kappa shape index (κ1) is 19.2. The van der Waals surface area contributed by atoms with Crippen LogP contribution in [0.1, 0.15) is 31.2 Å². The highest BCUT2D eigenvalue weighted by Gasteiger charge is 2.39. The van der Waals surface area contributed by atoms with Crippen LogP contribution in [-0.2, 0) is 16.1 Å². The minimum atomic E-state index is -0.250. The van der Waals surface area contributed by atoms with Gasteiger partial charge in [0.05, 0.1) is 7.11 Å². The van der Waals surface area contributed by atoms with Gasteiger partial charge in [0.2, 0.25) is 5.91 Å². The Bertz CT molecular complexity index is 583. The summed E-state index contributed by atoms with van der Waals surface area (Å²) in [7, 11) is 3.68. The number of para-hydroxylation sites is 1. The van der Waals surface area contributed by atoms with Crippen LogP contribution in [0, 0.1) is 5.41 Å². The average molecular weight is 348 g/mol. The molecule has 0 bridgehead atoms. The van der Waals surface area contributed by atoms with Crippen molar-refractivity contribution in [2.45, 2.75) is 32.2 Å². The summed E-state index contributed by atoms with van der Waals surface area (Å²) in [6.45, 7) is 3.86. The molecule has 2 aliphatic heterocycles. The van der Waals surface area contributed by atoms with E-state index in [0.717, 1.165) is 44.8 Å². The van der Waals surface area contributed by atoms with E-state index in [1.165, 1.54) is 18.4 Å². The molecule has 0 atom stereocenters. The number of carboxylic acid groups (broad SMARTS) is 1. The normalized spacial score (nSPS) is 19.9. The Hall–Kier alpha value is -2.08. The van der Waals surface area contributed by atoms with E-state index in [2.05, 4.69) is 17.0 Å². The van der Waals surface area contributed by atoms with E-state index < -0.39 is 0 Å². The summed E-state index contributed by atoms with van der Waals surface area (Å²) >= 11 is 0. The van der Waals surface area contributed by atoms with Gasteiger partial charge in [-0.3, -0.25) is 14.5 Å². The Morgan fingerprint density at radius 1 is 1.24 bits per heavy atom. The van der Waals surface area contributed by atoms with Crippen LogP contribution < -0.4 is 4.74 Å². The van der Waals surface area contributed by atoms with E-state index in [-0.39, 0.29) is 6.47 Å². The lowest BCUT2D eigenvalue weighted by atomic mass is 9.72. The molecule has 2 fully saturated rings. The second-order valence-electron chi connectivity index (χ2n) is 6.94. The summed E-state index contributed by atoms with van der Waals surface area (Å²) in [6.07, 6.45) is 4.18. The topological polar surface area (TPSA) is 70.1 Å². The van der Waals surface area contributed by atoms with Gasteiger partial charge in [-0.15, -0.1) is 0 Å². The molecule has 3 rings (SSSR count). The van der Waals surface area contributed by atoms with Crippen molar-refractivity contribution in [3.8, 4) is 5.75 Å². The van der Waals surface area contributed by atoms with Gasteiger partial charge < -0.3 is 14.7 Å². The van der Waals surface area contributed by atoms with Crippen molar-refractivity contribution >= 4 is 12.4 Å². The molecular formula is C19H28N2O4. The van der Waals surface area contributed by atoms with Crippen LogP contribution in [0.15, 0.2) is 24.3 Å². The number of nitrogens with zero attached hydrogens (tertiary/aromatic N) is 2. The number of rotatable bonds is 3.